The first-order valence-corrected chi connectivity index (χ1v) is 10.7. The van der Waals surface area contributed by atoms with Crippen molar-refractivity contribution in [2.45, 2.75) is 43.2 Å². The van der Waals surface area contributed by atoms with Crippen LogP contribution >= 0.6 is 0 Å². The van der Waals surface area contributed by atoms with Crippen molar-refractivity contribution in [2.75, 3.05) is 26.2 Å². The predicted octanol–water partition coefficient (Wildman–Crippen LogP) is 1.31. The summed E-state index contributed by atoms with van der Waals surface area (Å²) >= 11 is 0. The molecule has 0 saturated carbocycles. The number of hydrogen-bond donors (Lipinski definition) is 1. The maximum absolute atomic E-state index is 13.0. The van der Waals surface area contributed by atoms with Gasteiger partial charge in [0.1, 0.15) is 0 Å². The van der Waals surface area contributed by atoms with Crippen LogP contribution in [-0.4, -0.2) is 63.8 Å². The van der Waals surface area contributed by atoms with E-state index in [1.807, 2.05) is 6.20 Å². The Morgan fingerprint density at radius 3 is 2.77 bits per heavy atom. The highest BCUT2D eigenvalue weighted by Crippen LogP contribution is 2.31. The van der Waals surface area contributed by atoms with E-state index in [0.717, 1.165) is 38.2 Å². The lowest BCUT2D eigenvalue weighted by Crippen LogP contribution is -2.40. The van der Waals surface area contributed by atoms with Crippen molar-refractivity contribution >= 4 is 10.0 Å². The number of sulfonamides is 1. The third-order valence-corrected chi connectivity index (χ3v) is 7.46. The van der Waals surface area contributed by atoms with Crippen LogP contribution in [0, 0.1) is 0 Å². The predicted molar refractivity (Wildman–Crippen MR) is 97.0 cm³/mol. The van der Waals surface area contributed by atoms with Gasteiger partial charge in [-0.3, -0.25) is 14.7 Å². The van der Waals surface area contributed by atoms with Crippen molar-refractivity contribution in [1.29, 1.82) is 0 Å². The first-order valence-electron chi connectivity index (χ1n) is 9.28. The maximum atomic E-state index is 13.0. The molecule has 9 heteroatoms. The molecular formula is C17H26N6O2S. The molecule has 2 saturated heterocycles. The van der Waals surface area contributed by atoms with Crippen molar-refractivity contribution in [2.24, 2.45) is 7.05 Å². The first kappa shape index (κ1) is 17.7. The van der Waals surface area contributed by atoms with Crippen LogP contribution < -0.4 is 0 Å². The lowest BCUT2D eigenvalue weighted by Gasteiger charge is -2.32. The van der Waals surface area contributed by atoms with Gasteiger partial charge in [0.15, 0.2) is 5.03 Å². The summed E-state index contributed by atoms with van der Waals surface area (Å²) < 4.78 is 29.0. The van der Waals surface area contributed by atoms with E-state index < -0.39 is 10.0 Å². The van der Waals surface area contributed by atoms with Crippen LogP contribution in [0.5, 0.6) is 0 Å². The molecule has 2 aliphatic heterocycles. The number of aryl methyl sites for hydroxylation is 1. The van der Waals surface area contributed by atoms with Crippen LogP contribution in [0.3, 0.4) is 0 Å². The molecule has 4 heterocycles. The van der Waals surface area contributed by atoms with Gasteiger partial charge in [0, 0.05) is 43.9 Å². The lowest BCUT2D eigenvalue weighted by molar-refractivity contribution is 0.302. The fourth-order valence-corrected chi connectivity index (χ4v) is 5.75. The summed E-state index contributed by atoms with van der Waals surface area (Å²) in [5.74, 6) is 0.159. The summed E-state index contributed by atoms with van der Waals surface area (Å²) in [5, 5.41) is 11.7. The van der Waals surface area contributed by atoms with Gasteiger partial charge >= 0.3 is 0 Å². The number of aromatic amines is 1. The Kier molecular flexibility index (Phi) is 4.85. The summed E-state index contributed by atoms with van der Waals surface area (Å²) in [6.07, 6.45) is 7.77. The van der Waals surface area contributed by atoms with Crippen molar-refractivity contribution in [1.82, 2.24) is 29.2 Å². The van der Waals surface area contributed by atoms with Gasteiger partial charge in [-0.15, -0.1) is 0 Å². The topological polar surface area (TPSA) is 87.1 Å². The van der Waals surface area contributed by atoms with Crippen molar-refractivity contribution < 1.29 is 8.42 Å². The molecule has 0 aliphatic carbocycles. The number of H-pyrrole nitrogens is 1. The maximum Gasteiger partial charge on any atom is 0.260 e. The van der Waals surface area contributed by atoms with E-state index in [-0.39, 0.29) is 10.9 Å². The Morgan fingerprint density at radius 1 is 1.23 bits per heavy atom. The van der Waals surface area contributed by atoms with Gasteiger partial charge < -0.3 is 0 Å². The van der Waals surface area contributed by atoms with Crippen LogP contribution in [0.1, 0.15) is 42.9 Å². The van der Waals surface area contributed by atoms with Gasteiger partial charge in [-0.25, -0.2) is 8.42 Å². The third kappa shape index (κ3) is 3.30. The molecule has 0 bridgehead atoms. The van der Waals surface area contributed by atoms with Crippen molar-refractivity contribution in [3.05, 3.63) is 29.7 Å². The number of nitrogens with one attached hydrogen (secondary N) is 1. The monoisotopic (exact) mass is 378 g/mol. The van der Waals surface area contributed by atoms with E-state index in [2.05, 4.69) is 20.2 Å². The highest BCUT2D eigenvalue weighted by atomic mass is 32.2. The summed E-state index contributed by atoms with van der Waals surface area (Å²) in [7, 11) is -1.86. The largest absolute Gasteiger partial charge is 0.299 e. The Morgan fingerprint density at radius 2 is 2.04 bits per heavy atom. The molecule has 0 radical (unpaired) electrons. The van der Waals surface area contributed by atoms with Crippen LogP contribution in [0.25, 0.3) is 0 Å². The first-order chi connectivity index (χ1) is 12.6. The van der Waals surface area contributed by atoms with Gasteiger partial charge in [-0.1, -0.05) is 0 Å². The number of piperidine rings is 1. The Labute approximate surface area is 154 Å². The quantitative estimate of drug-likeness (QED) is 0.848. The lowest BCUT2D eigenvalue weighted by atomic mass is 9.93. The summed E-state index contributed by atoms with van der Waals surface area (Å²) in [6, 6.07) is 1.56. The Bertz CT molecular complexity index is 852. The zero-order chi connectivity index (χ0) is 18.1. The van der Waals surface area contributed by atoms with E-state index in [1.54, 1.807) is 17.4 Å². The van der Waals surface area contributed by atoms with E-state index in [1.165, 1.54) is 29.3 Å². The van der Waals surface area contributed by atoms with Gasteiger partial charge in [-0.05, 0) is 44.8 Å². The second-order valence-electron chi connectivity index (χ2n) is 7.29. The molecule has 2 aliphatic rings. The molecule has 0 amide bonds. The zero-order valence-electron chi connectivity index (χ0n) is 15.1. The number of rotatable bonds is 5. The third-order valence-electron chi connectivity index (χ3n) is 5.52. The van der Waals surface area contributed by atoms with Crippen LogP contribution in [-0.2, 0) is 23.6 Å². The highest BCUT2D eigenvalue weighted by molar-refractivity contribution is 7.89. The SMILES string of the molecule is Cn1nccc1S(=O)(=O)N1CCCC(c2[nH]ncc2CN2CCCC2)C1. The van der Waals surface area contributed by atoms with Gasteiger partial charge in [0.25, 0.3) is 10.0 Å². The highest BCUT2D eigenvalue weighted by Gasteiger charge is 2.34. The molecule has 4 rings (SSSR count). The Balaban J connectivity index is 1.53. The molecule has 1 atom stereocenters. The van der Waals surface area contributed by atoms with Gasteiger partial charge in [0.2, 0.25) is 0 Å². The standard InChI is InChI=1S/C17H26N6O2S/c1-21-16(6-7-19-21)26(24,25)23-10-4-5-14(13-23)17-15(11-18-20-17)12-22-8-2-3-9-22/h6-7,11,14H,2-5,8-10,12-13H2,1H3,(H,18,20). The number of aromatic nitrogens is 4. The number of nitrogens with zero attached hydrogens (tertiary/aromatic N) is 5. The van der Waals surface area contributed by atoms with Gasteiger partial charge in [-0.2, -0.15) is 14.5 Å². The van der Waals surface area contributed by atoms with Gasteiger partial charge in [0.05, 0.1) is 12.4 Å². The molecule has 142 valence electrons. The molecule has 1 unspecified atom stereocenters. The molecule has 2 aromatic heterocycles. The molecule has 26 heavy (non-hydrogen) atoms. The molecule has 2 fully saturated rings. The van der Waals surface area contributed by atoms with E-state index in [0.29, 0.717) is 13.1 Å². The fraction of sp³-hybridized carbons (Fsp3) is 0.647. The number of hydrogen-bond acceptors (Lipinski definition) is 5. The molecule has 0 aromatic carbocycles. The number of likely N-dealkylation sites (tertiary alicyclic amines) is 1. The van der Waals surface area contributed by atoms with Crippen molar-refractivity contribution in [3.63, 3.8) is 0 Å². The second-order valence-corrected chi connectivity index (χ2v) is 9.17. The fourth-order valence-electron chi connectivity index (χ4n) is 4.13. The van der Waals surface area contributed by atoms with E-state index in [9.17, 15) is 8.42 Å². The normalized spacial score (nSPS) is 22.9. The average molecular weight is 379 g/mol. The van der Waals surface area contributed by atoms with E-state index in [4.69, 9.17) is 0 Å². The molecular weight excluding hydrogens is 352 g/mol. The smallest absolute Gasteiger partial charge is 0.260 e. The second kappa shape index (κ2) is 7.13. The van der Waals surface area contributed by atoms with Crippen LogP contribution in [0.2, 0.25) is 0 Å². The zero-order valence-corrected chi connectivity index (χ0v) is 16.0. The van der Waals surface area contributed by atoms with Crippen molar-refractivity contribution in [3.8, 4) is 0 Å². The summed E-state index contributed by atoms with van der Waals surface area (Å²) in [4.78, 5) is 2.45. The molecule has 0 spiro atoms. The van der Waals surface area contributed by atoms with Crippen LogP contribution in [0.15, 0.2) is 23.5 Å². The summed E-state index contributed by atoms with van der Waals surface area (Å²) in [5.41, 5.74) is 2.30. The minimum absolute atomic E-state index is 0.159. The minimum atomic E-state index is -3.52. The molecule has 1 N–H and O–H groups in total. The minimum Gasteiger partial charge on any atom is -0.299 e. The average Bonchev–Trinajstić information content (AvgIpc) is 3.37. The molecule has 2 aromatic rings. The Hall–Kier alpha value is -1.71. The summed E-state index contributed by atoms with van der Waals surface area (Å²) in [6.45, 7) is 4.21. The molecule has 8 nitrogen and oxygen atoms in total. The van der Waals surface area contributed by atoms with E-state index >= 15 is 0 Å². The van der Waals surface area contributed by atoms with Crippen LogP contribution in [0.4, 0.5) is 0 Å².